The van der Waals surface area contributed by atoms with Gasteiger partial charge in [-0.1, -0.05) is 42.5 Å². The van der Waals surface area contributed by atoms with Crippen molar-refractivity contribution in [1.29, 1.82) is 0 Å². The van der Waals surface area contributed by atoms with Crippen LogP contribution in [-0.2, 0) is 20.5 Å². The highest BCUT2D eigenvalue weighted by Gasteiger charge is 2.32. The molecule has 3 aromatic rings. The SMILES string of the molecule is CC(=O)OC(C(=O)N1CCN(c2nccc(-c3cccc(C(F)(F)F)c3)n2)CC1)c1ccccc1. The lowest BCUT2D eigenvalue weighted by Gasteiger charge is -2.36. The van der Waals surface area contributed by atoms with Crippen LogP contribution in [0.3, 0.4) is 0 Å². The van der Waals surface area contributed by atoms with Crippen LogP contribution in [0.1, 0.15) is 24.2 Å². The first-order chi connectivity index (χ1) is 16.7. The highest BCUT2D eigenvalue weighted by molar-refractivity contribution is 5.85. The van der Waals surface area contributed by atoms with Crippen molar-refractivity contribution in [2.75, 3.05) is 31.1 Å². The number of amides is 1. The van der Waals surface area contributed by atoms with Crippen molar-refractivity contribution in [3.05, 3.63) is 78.0 Å². The van der Waals surface area contributed by atoms with Gasteiger partial charge in [-0.15, -0.1) is 0 Å². The molecule has 1 saturated heterocycles. The van der Waals surface area contributed by atoms with Gasteiger partial charge in [-0.05, 0) is 18.2 Å². The monoisotopic (exact) mass is 484 g/mol. The molecule has 1 aliphatic rings. The highest BCUT2D eigenvalue weighted by Crippen LogP contribution is 2.32. The molecule has 2 aromatic carbocycles. The van der Waals surface area contributed by atoms with Gasteiger partial charge in [0.2, 0.25) is 12.1 Å². The predicted octanol–water partition coefficient (Wildman–Crippen LogP) is 4.12. The van der Waals surface area contributed by atoms with E-state index in [1.165, 1.54) is 19.2 Å². The first kappa shape index (κ1) is 24.2. The molecular formula is C25H23F3N4O3. The van der Waals surface area contributed by atoms with Crippen LogP contribution in [0.5, 0.6) is 0 Å². The number of hydrogen-bond acceptors (Lipinski definition) is 6. The summed E-state index contributed by atoms with van der Waals surface area (Å²) in [5, 5.41) is 0. The highest BCUT2D eigenvalue weighted by atomic mass is 19.4. The Morgan fingerprint density at radius 3 is 2.34 bits per heavy atom. The zero-order valence-electron chi connectivity index (χ0n) is 18.9. The van der Waals surface area contributed by atoms with Crippen LogP contribution in [0.4, 0.5) is 19.1 Å². The Kier molecular flexibility index (Phi) is 6.99. The molecule has 0 aliphatic carbocycles. The minimum Gasteiger partial charge on any atom is -0.447 e. The Bertz CT molecular complexity index is 1200. The zero-order valence-corrected chi connectivity index (χ0v) is 18.9. The Morgan fingerprint density at radius 1 is 0.971 bits per heavy atom. The van der Waals surface area contributed by atoms with E-state index in [2.05, 4.69) is 9.97 Å². The lowest BCUT2D eigenvalue weighted by Crippen LogP contribution is -2.50. The first-order valence-corrected chi connectivity index (χ1v) is 11.0. The van der Waals surface area contributed by atoms with Gasteiger partial charge in [0.15, 0.2) is 0 Å². The fraction of sp³-hybridized carbons (Fsp3) is 0.280. The number of anilines is 1. The minimum absolute atomic E-state index is 0.315. The number of hydrogen-bond donors (Lipinski definition) is 0. The number of aromatic nitrogens is 2. The molecule has 1 aromatic heterocycles. The molecular weight excluding hydrogens is 461 g/mol. The summed E-state index contributed by atoms with van der Waals surface area (Å²) in [6, 6.07) is 15.4. The molecule has 0 bridgehead atoms. The average Bonchev–Trinajstić information content (AvgIpc) is 2.87. The normalized spacial score (nSPS) is 15.0. The molecule has 7 nitrogen and oxygen atoms in total. The van der Waals surface area contributed by atoms with Crippen LogP contribution >= 0.6 is 0 Å². The number of halogens is 3. The molecule has 1 atom stereocenters. The van der Waals surface area contributed by atoms with Crippen molar-refractivity contribution in [3.8, 4) is 11.3 Å². The second-order valence-electron chi connectivity index (χ2n) is 8.03. The summed E-state index contributed by atoms with van der Waals surface area (Å²) < 4.78 is 44.6. The van der Waals surface area contributed by atoms with Gasteiger partial charge in [0.1, 0.15) is 0 Å². The topological polar surface area (TPSA) is 75.6 Å². The predicted molar refractivity (Wildman–Crippen MR) is 122 cm³/mol. The minimum atomic E-state index is -4.45. The number of rotatable bonds is 5. The second-order valence-corrected chi connectivity index (χ2v) is 8.03. The number of nitrogens with zero attached hydrogens (tertiary/aromatic N) is 4. The third-order valence-electron chi connectivity index (χ3n) is 5.61. The van der Waals surface area contributed by atoms with Crippen molar-refractivity contribution >= 4 is 17.8 Å². The van der Waals surface area contributed by atoms with Gasteiger partial charge in [-0.25, -0.2) is 9.97 Å². The summed E-state index contributed by atoms with van der Waals surface area (Å²) >= 11 is 0. The van der Waals surface area contributed by atoms with Crippen LogP contribution in [0.15, 0.2) is 66.9 Å². The van der Waals surface area contributed by atoms with E-state index < -0.39 is 23.8 Å². The number of piperazine rings is 1. The Balaban J connectivity index is 1.46. The maximum absolute atomic E-state index is 13.1. The molecule has 0 radical (unpaired) electrons. The van der Waals surface area contributed by atoms with E-state index in [1.807, 2.05) is 11.0 Å². The van der Waals surface area contributed by atoms with Crippen molar-refractivity contribution in [2.45, 2.75) is 19.2 Å². The van der Waals surface area contributed by atoms with Crippen molar-refractivity contribution in [3.63, 3.8) is 0 Å². The van der Waals surface area contributed by atoms with E-state index in [1.54, 1.807) is 41.3 Å². The van der Waals surface area contributed by atoms with E-state index >= 15 is 0 Å². The third-order valence-corrected chi connectivity index (χ3v) is 5.61. The van der Waals surface area contributed by atoms with E-state index in [0.29, 0.717) is 48.9 Å². The number of ether oxygens (including phenoxy) is 1. The molecule has 0 saturated carbocycles. The lowest BCUT2D eigenvalue weighted by atomic mass is 10.1. The summed E-state index contributed by atoms with van der Waals surface area (Å²) in [5.74, 6) is -0.498. The van der Waals surface area contributed by atoms with E-state index in [9.17, 15) is 22.8 Å². The standard InChI is InChI=1S/C25H23F3N4O3/c1-17(33)35-22(18-6-3-2-4-7-18)23(34)31-12-14-32(15-13-31)24-29-11-10-21(30-24)19-8-5-9-20(16-19)25(26,27)28/h2-11,16,22H,12-15H2,1H3. The molecule has 1 amide bonds. The van der Waals surface area contributed by atoms with Gasteiger partial charge in [0.25, 0.3) is 5.91 Å². The van der Waals surface area contributed by atoms with Gasteiger partial charge < -0.3 is 14.5 Å². The van der Waals surface area contributed by atoms with Gasteiger partial charge in [0.05, 0.1) is 11.3 Å². The summed E-state index contributed by atoms with van der Waals surface area (Å²) in [4.78, 5) is 36.9. The Hall–Kier alpha value is -3.95. The molecule has 1 fully saturated rings. The van der Waals surface area contributed by atoms with Crippen LogP contribution in [0.25, 0.3) is 11.3 Å². The third kappa shape index (κ3) is 5.76. The van der Waals surface area contributed by atoms with Gasteiger partial charge in [0, 0.05) is 50.4 Å². The number of benzene rings is 2. The maximum atomic E-state index is 13.1. The molecule has 35 heavy (non-hydrogen) atoms. The molecule has 1 unspecified atom stereocenters. The first-order valence-electron chi connectivity index (χ1n) is 11.0. The average molecular weight is 484 g/mol. The number of carbonyl (C=O) groups excluding carboxylic acids is 2. The quantitative estimate of drug-likeness (QED) is 0.508. The van der Waals surface area contributed by atoms with Gasteiger partial charge in [-0.3, -0.25) is 9.59 Å². The largest absolute Gasteiger partial charge is 0.447 e. The van der Waals surface area contributed by atoms with Crippen molar-refractivity contribution < 1.29 is 27.5 Å². The number of esters is 1. The summed E-state index contributed by atoms with van der Waals surface area (Å²) in [6.45, 7) is 2.79. The Morgan fingerprint density at radius 2 is 1.69 bits per heavy atom. The van der Waals surface area contributed by atoms with Crippen LogP contribution in [-0.4, -0.2) is 52.9 Å². The molecule has 4 rings (SSSR count). The molecule has 0 N–H and O–H groups in total. The van der Waals surface area contributed by atoms with Crippen molar-refractivity contribution in [2.24, 2.45) is 0 Å². The number of carbonyl (C=O) groups is 2. The van der Waals surface area contributed by atoms with E-state index in [0.717, 1.165) is 12.1 Å². The van der Waals surface area contributed by atoms with E-state index in [-0.39, 0.29) is 5.91 Å². The molecule has 10 heteroatoms. The molecule has 1 aliphatic heterocycles. The summed E-state index contributed by atoms with van der Waals surface area (Å²) in [7, 11) is 0. The zero-order chi connectivity index (χ0) is 25.0. The van der Waals surface area contributed by atoms with Crippen LogP contribution < -0.4 is 4.90 Å². The fourth-order valence-corrected chi connectivity index (χ4v) is 3.86. The molecule has 0 spiro atoms. The van der Waals surface area contributed by atoms with Crippen molar-refractivity contribution in [1.82, 2.24) is 14.9 Å². The second kappa shape index (κ2) is 10.1. The fourth-order valence-electron chi connectivity index (χ4n) is 3.86. The molecule has 2 heterocycles. The van der Waals surface area contributed by atoms with Crippen LogP contribution in [0.2, 0.25) is 0 Å². The summed E-state index contributed by atoms with van der Waals surface area (Å²) in [6.07, 6.45) is -3.97. The van der Waals surface area contributed by atoms with Crippen LogP contribution in [0, 0.1) is 0 Å². The van der Waals surface area contributed by atoms with Gasteiger partial charge in [-0.2, -0.15) is 13.2 Å². The Labute approximate surface area is 200 Å². The smallest absolute Gasteiger partial charge is 0.416 e. The number of alkyl halides is 3. The lowest BCUT2D eigenvalue weighted by molar-refractivity contribution is -0.159. The summed E-state index contributed by atoms with van der Waals surface area (Å²) in [5.41, 5.74) is 0.554. The van der Waals surface area contributed by atoms with E-state index in [4.69, 9.17) is 4.74 Å². The maximum Gasteiger partial charge on any atom is 0.416 e. The molecule has 182 valence electrons. The van der Waals surface area contributed by atoms with Gasteiger partial charge >= 0.3 is 12.1 Å².